The second-order valence-corrected chi connectivity index (χ2v) is 6.17. The van der Waals surface area contributed by atoms with Gasteiger partial charge in [0.15, 0.2) is 5.13 Å². The Morgan fingerprint density at radius 2 is 2.33 bits per heavy atom. The standard InChI is InChI=1S/C13H12ClFN4OS/c14-8-5-7(1-2-9(8)15)17-13(20)19-4-3-10-11(6-19)21-12(16)18-10/h1-2,5H,3-4,6H2,(H2,16,18)(H,17,20). The van der Waals surface area contributed by atoms with Crippen LogP contribution in [0.1, 0.15) is 10.6 Å². The topological polar surface area (TPSA) is 71.2 Å². The highest BCUT2D eigenvalue weighted by atomic mass is 35.5. The number of benzene rings is 1. The van der Waals surface area contributed by atoms with Crippen molar-refractivity contribution in [2.24, 2.45) is 0 Å². The van der Waals surface area contributed by atoms with Crippen LogP contribution in [0.5, 0.6) is 0 Å². The Labute approximate surface area is 129 Å². The Bertz CT molecular complexity index is 705. The summed E-state index contributed by atoms with van der Waals surface area (Å²) in [6.07, 6.45) is 0.681. The molecule has 0 spiro atoms. The highest BCUT2D eigenvalue weighted by Crippen LogP contribution is 2.27. The zero-order valence-corrected chi connectivity index (χ0v) is 12.5. The number of carbonyl (C=O) groups excluding carboxylic acids is 1. The summed E-state index contributed by atoms with van der Waals surface area (Å²) in [5.74, 6) is -0.516. The monoisotopic (exact) mass is 326 g/mol. The van der Waals surface area contributed by atoms with Gasteiger partial charge in [-0.25, -0.2) is 14.2 Å². The molecule has 3 N–H and O–H groups in total. The van der Waals surface area contributed by atoms with Crippen molar-refractivity contribution < 1.29 is 9.18 Å². The summed E-state index contributed by atoms with van der Waals surface area (Å²) in [6, 6.07) is 3.82. The molecule has 0 atom stereocenters. The van der Waals surface area contributed by atoms with Gasteiger partial charge in [0.05, 0.1) is 17.3 Å². The third-order valence-corrected chi connectivity index (χ3v) is 4.41. The first-order valence-corrected chi connectivity index (χ1v) is 7.47. The van der Waals surface area contributed by atoms with Crippen molar-refractivity contribution in [1.29, 1.82) is 0 Å². The molecule has 3 rings (SSSR count). The van der Waals surface area contributed by atoms with Gasteiger partial charge in [0, 0.05) is 23.5 Å². The fourth-order valence-electron chi connectivity index (χ4n) is 2.17. The Morgan fingerprint density at radius 3 is 3.10 bits per heavy atom. The molecule has 0 aliphatic carbocycles. The van der Waals surface area contributed by atoms with Gasteiger partial charge in [-0.15, -0.1) is 11.3 Å². The summed E-state index contributed by atoms with van der Waals surface area (Å²) in [5, 5.41) is 3.20. The van der Waals surface area contributed by atoms with Crippen molar-refractivity contribution in [2.45, 2.75) is 13.0 Å². The molecule has 8 heteroatoms. The molecule has 2 aromatic rings. The van der Waals surface area contributed by atoms with E-state index in [0.29, 0.717) is 30.3 Å². The number of thiazole rings is 1. The van der Waals surface area contributed by atoms with Crippen molar-refractivity contribution in [1.82, 2.24) is 9.88 Å². The largest absolute Gasteiger partial charge is 0.375 e. The molecule has 0 radical (unpaired) electrons. The van der Waals surface area contributed by atoms with E-state index in [2.05, 4.69) is 10.3 Å². The molecule has 0 saturated heterocycles. The van der Waals surface area contributed by atoms with E-state index in [9.17, 15) is 9.18 Å². The minimum atomic E-state index is -0.516. The van der Waals surface area contributed by atoms with Crippen LogP contribution < -0.4 is 11.1 Å². The number of nitrogens with one attached hydrogen (secondary N) is 1. The number of urea groups is 1. The molecule has 110 valence electrons. The van der Waals surface area contributed by atoms with Crippen LogP contribution in [0.25, 0.3) is 0 Å². The van der Waals surface area contributed by atoms with E-state index >= 15 is 0 Å². The van der Waals surface area contributed by atoms with Gasteiger partial charge in [0.25, 0.3) is 0 Å². The minimum absolute atomic E-state index is 0.0241. The van der Waals surface area contributed by atoms with Gasteiger partial charge in [-0.2, -0.15) is 0 Å². The average molecular weight is 327 g/mol. The van der Waals surface area contributed by atoms with Gasteiger partial charge < -0.3 is 16.0 Å². The quantitative estimate of drug-likeness (QED) is 0.846. The molecule has 5 nitrogen and oxygen atoms in total. The number of halogens is 2. The molecule has 0 fully saturated rings. The van der Waals surface area contributed by atoms with Crippen LogP contribution in [0.15, 0.2) is 18.2 Å². The molecule has 2 heterocycles. The van der Waals surface area contributed by atoms with Crippen LogP contribution in [0.3, 0.4) is 0 Å². The van der Waals surface area contributed by atoms with Crippen molar-refractivity contribution in [2.75, 3.05) is 17.6 Å². The maximum absolute atomic E-state index is 13.1. The fraction of sp³-hybridized carbons (Fsp3) is 0.231. The number of anilines is 2. The van der Waals surface area contributed by atoms with Gasteiger partial charge in [-0.05, 0) is 18.2 Å². The molecular weight excluding hydrogens is 315 g/mol. The predicted molar refractivity (Wildman–Crippen MR) is 81.1 cm³/mol. The molecule has 1 aliphatic heterocycles. The molecule has 1 aliphatic rings. The number of carbonyl (C=O) groups is 1. The summed E-state index contributed by atoms with van der Waals surface area (Å²) < 4.78 is 13.1. The van der Waals surface area contributed by atoms with Crippen LogP contribution in [-0.4, -0.2) is 22.5 Å². The van der Waals surface area contributed by atoms with Crippen molar-refractivity contribution in [3.05, 3.63) is 39.6 Å². The number of rotatable bonds is 1. The Balaban J connectivity index is 1.70. The first-order chi connectivity index (χ1) is 10.0. The molecule has 0 bridgehead atoms. The van der Waals surface area contributed by atoms with E-state index in [1.165, 1.54) is 29.5 Å². The number of nitrogen functional groups attached to an aromatic ring is 1. The van der Waals surface area contributed by atoms with Gasteiger partial charge in [-0.3, -0.25) is 0 Å². The third kappa shape index (κ3) is 2.93. The molecular formula is C13H12ClFN4OS. The summed E-state index contributed by atoms with van der Waals surface area (Å²) in [4.78, 5) is 19.1. The zero-order chi connectivity index (χ0) is 15.0. The van der Waals surface area contributed by atoms with E-state index < -0.39 is 5.82 Å². The maximum atomic E-state index is 13.1. The third-order valence-electron chi connectivity index (χ3n) is 3.21. The number of nitrogens with zero attached hydrogens (tertiary/aromatic N) is 2. The van der Waals surface area contributed by atoms with Crippen LogP contribution in [-0.2, 0) is 13.0 Å². The summed E-state index contributed by atoms with van der Waals surface area (Å²) in [7, 11) is 0. The second kappa shape index (κ2) is 5.50. The van der Waals surface area contributed by atoms with Crippen LogP contribution in [0.4, 0.5) is 20.0 Å². The number of aromatic nitrogens is 1. The smallest absolute Gasteiger partial charge is 0.322 e. The van der Waals surface area contributed by atoms with Crippen molar-refractivity contribution >= 4 is 39.8 Å². The van der Waals surface area contributed by atoms with E-state index in [0.717, 1.165) is 10.6 Å². The number of hydrogen-bond donors (Lipinski definition) is 2. The van der Waals surface area contributed by atoms with Crippen molar-refractivity contribution in [3.8, 4) is 0 Å². The number of fused-ring (bicyclic) bond motifs is 1. The number of nitrogens with two attached hydrogens (primary N) is 1. The summed E-state index contributed by atoms with van der Waals surface area (Å²) in [6.45, 7) is 1.04. The lowest BCUT2D eigenvalue weighted by Gasteiger charge is -2.26. The predicted octanol–water partition coefficient (Wildman–Crippen LogP) is 3.11. The molecule has 2 amide bonds. The summed E-state index contributed by atoms with van der Waals surface area (Å²) >= 11 is 7.09. The molecule has 1 aromatic heterocycles. The highest BCUT2D eigenvalue weighted by Gasteiger charge is 2.23. The molecule has 0 unspecified atom stereocenters. The average Bonchev–Trinajstić information content (AvgIpc) is 2.82. The van der Waals surface area contributed by atoms with Gasteiger partial charge in [0.2, 0.25) is 0 Å². The molecule has 1 aromatic carbocycles. The Kier molecular flexibility index (Phi) is 3.69. The first-order valence-electron chi connectivity index (χ1n) is 6.28. The number of amides is 2. The lowest BCUT2D eigenvalue weighted by atomic mass is 10.2. The van der Waals surface area contributed by atoms with Gasteiger partial charge in [0.1, 0.15) is 5.82 Å². The van der Waals surface area contributed by atoms with E-state index in [1.54, 1.807) is 4.90 Å². The Morgan fingerprint density at radius 1 is 1.52 bits per heavy atom. The fourth-order valence-corrected chi connectivity index (χ4v) is 3.24. The number of hydrogen-bond acceptors (Lipinski definition) is 4. The molecule has 21 heavy (non-hydrogen) atoms. The zero-order valence-electron chi connectivity index (χ0n) is 10.9. The van der Waals surface area contributed by atoms with E-state index in [1.807, 2.05) is 0 Å². The first kappa shape index (κ1) is 14.1. The Hall–Kier alpha value is -1.86. The SMILES string of the molecule is Nc1nc2c(s1)CN(C(=O)Nc1ccc(F)c(Cl)c1)CC2. The van der Waals surface area contributed by atoms with Crippen molar-refractivity contribution in [3.63, 3.8) is 0 Å². The maximum Gasteiger partial charge on any atom is 0.322 e. The van der Waals surface area contributed by atoms with Gasteiger partial charge in [-0.1, -0.05) is 11.6 Å². The second-order valence-electron chi connectivity index (χ2n) is 4.65. The lowest BCUT2D eigenvalue weighted by Crippen LogP contribution is -2.38. The highest BCUT2D eigenvalue weighted by molar-refractivity contribution is 7.15. The van der Waals surface area contributed by atoms with E-state index in [4.69, 9.17) is 17.3 Å². The van der Waals surface area contributed by atoms with Gasteiger partial charge >= 0.3 is 6.03 Å². The normalized spacial score (nSPS) is 13.9. The minimum Gasteiger partial charge on any atom is -0.375 e. The molecule has 0 saturated carbocycles. The lowest BCUT2D eigenvalue weighted by molar-refractivity contribution is 0.207. The van der Waals surface area contributed by atoms with E-state index in [-0.39, 0.29) is 11.1 Å². The summed E-state index contributed by atoms with van der Waals surface area (Å²) in [5.41, 5.74) is 7.10. The van der Waals surface area contributed by atoms with Crippen LogP contribution >= 0.6 is 22.9 Å². The van der Waals surface area contributed by atoms with Crippen LogP contribution in [0, 0.1) is 5.82 Å². The van der Waals surface area contributed by atoms with Crippen LogP contribution in [0.2, 0.25) is 5.02 Å².